The molecule has 0 saturated heterocycles. The molecule has 3 nitrogen and oxygen atoms in total. The monoisotopic (exact) mass is 805 g/mol. The fraction of sp³-hybridized carbons (Fsp3) is 0.0172. The minimum atomic E-state index is -0.406. The number of hydrogen-bond donors (Lipinski definition) is 0. The van der Waals surface area contributed by atoms with Crippen LogP contribution in [0.1, 0.15) is 22.3 Å². The minimum Gasteiger partial charge on any atom is -0.208 e. The van der Waals surface area contributed by atoms with E-state index in [4.69, 9.17) is 15.0 Å². The molecule has 2 heterocycles. The molecule has 2 aliphatic carbocycles. The maximum absolute atomic E-state index is 5.25. The van der Waals surface area contributed by atoms with Gasteiger partial charge in [-0.1, -0.05) is 194 Å². The lowest BCUT2D eigenvalue weighted by molar-refractivity contribution is 0.794. The summed E-state index contributed by atoms with van der Waals surface area (Å²) in [5, 5.41) is 2.61. The number of benzene rings is 9. The summed E-state index contributed by atoms with van der Waals surface area (Å²) in [4.78, 5) is 15.7. The Balaban J connectivity index is 0.947. The molecular formula is C58H35N3S. The predicted molar refractivity (Wildman–Crippen MR) is 256 cm³/mol. The van der Waals surface area contributed by atoms with E-state index in [2.05, 4.69) is 206 Å². The highest BCUT2D eigenvalue weighted by Crippen LogP contribution is 2.63. The molecule has 13 rings (SSSR count). The van der Waals surface area contributed by atoms with Crippen LogP contribution in [0.3, 0.4) is 0 Å². The van der Waals surface area contributed by atoms with Gasteiger partial charge < -0.3 is 0 Å². The Labute approximate surface area is 363 Å². The molecule has 0 bridgehead atoms. The summed E-state index contributed by atoms with van der Waals surface area (Å²) in [6.45, 7) is 0. The molecule has 0 N–H and O–H groups in total. The zero-order valence-corrected chi connectivity index (χ0v) is 34.3. The van der Waals surface area contributed by atoms with Crippen molar-refractivity contribution < 1.29 is 0 Å². The molecule has 0 amide bonds. The van der Waals surface area contributed by atoms with Crippen LogP contribution in [0.4, 0.5) is 0 Å². The second kappa shape index (κ2) is 13.6. The van der Waals surface area contributed by atoms with Crippen LogP contribution in [0.2, 0.25) is 0 Å². The fourth-order valence-corrected chi connectivity index (χ4v) is 11.3. The first-order valence-electron chi connectivity index (χ1n) is 21.1. The lowest BCUT2D eigenvalue weighted by Crippen LogP contribution is -2.25. The zero-order chi connectivity index (χ0) is 40.8. The Morgan fingerprint density at radius 2 is 0.694 bits per heavy atom. The highest BCUT2D eigenvalue weighted by molar-refractivity contribution is 7.25. The number of rotatable bonds is 5. The van der Waals surface area contributed by atoms with Gasteiger partial charge in [0.2, 0.25) is 0 Å². The van der Waals surface area contributed by atoms with Crippen LogP contribution in [0.25, 0.3) is 98.8 Å². The topological polar surface area (TPSA) is 38.7 Å². The lowest BCUT2D eigenvalue weighted by Gasteiger charge is -2.30. The molecular weight excluding hydrogens is 771 g/mol. The van der Waals surface area contributed by atoms with E-state index in [1.807, 2.05) is 17.4 Å². The second-order valence-electron chi connectivity index (χ2n) is 16.3. The number of nitrogens with zero attached hydrogens (tertiary/aromatic N) is 3. The third-order valence-electron chi connectivity index (χ3n) is 13.0. The van der Waals surface area contributed by atoms with E-state index in [-0.39, 0.29) is 0 Å². The fourth-order valence-electron chi connectivity index (χ4n) is 10.2. The highest BCUT2D eigenvalue weighted by Gasteiger charge is 2.51. The Morgan fingerprint density at radius 3 is 1.32 bits per heavy atom. The predicted octanol–water partition coefficient (Wildman–Crippen LogP) is 14.9. The van der Waals surface area contributed by atoms with Crippen LogP contribution in [-0.4, -0.2) is 15.0 Å². The van der Waals surface area contributed by atoms with Gasteiger partial charge in [0, 0.05) is 36.9 Å². The van der Waals surface area contributed by atoms with Crippen LogP contribution in [0.15, 0.2) is 212 Å². The van der Waals surface area contributed by atoms with Gasteiger partial charge in [0.05, 0.1) is 5.41 Å². The molecule has 0 atom stereocenters. The Kier molecular flexibility index (Phi) is 7.69. The average Bonchev–Trinajstić information content (AvgIpc) is 3.98. The first-order valence-corrected chi connectivity index (χ1v) is 21.9. The molecule has 0 aliphatic heterocycles. The van der Waals surface area contributed by atoms with Gasteiger partial charge in [0.15, 0.2) is 17.5 Å². The average molecular weight is 806 g/mol. The quantitative estimate of drug-likeness (QED) is 0.174. The first kappa shape index (κ1) is 35.0. The second-order valence-corrected chi connectivity index (χ2v) is 17.4. The van der Waals surface area contributed by atoms with Crippen molar-refractivity contribution in [2.75, 3.05) is 0 Å². The molecule has 1 spiro atoms. The molecule has 2 aliphatic rings. The van der Waals surface area contributed by atoms with Crippen LogP contribution >= 0.6 is 11.3 Å². The van der Waals surface area contributed by atoms with Gasteiger partial charge in [0.1, 0.15) is 0 Å². The standard InChI is InChI=1S/C58H35N3S/c1-2-12-36(13-3-1)37-22-26-39(27-23-37)55-59-56(40-28-24-38(25-29-40)41-30-32-47-46-17-7-11-21-53(46)62-54(47)35-41)61-57(60-55)42-31-33-52-48(34-42)45-16-6-10-20-51(45)58(52)49-18-8-4-14-43(49)44-15-5-9-19-50(44)58/h1-35H. The summed E-state index contributed by atoms with van der Waals surface area (Å²) in [7, 11) is 0. The molecule has 62 heavy (non-hydrogen) atoms. The number of aromatic nitrogens is 3. The first-order chi connectivity index (χ1) is 30.7. The highest BCUT2D eigenvalue weighted by atomic mass is 32.1. The molecule has 4 heteroatoms. The van der Waals surface area contributed by atoms with Gasteiger partial charge in [-0.25, -0.2) is 15.0 Å². The van der Waals surface area contributed by atoms with E-state index in [9.17, 15) is 0 Å². The molecule has 11 aromatic rings. The van der Waals surface area contributed by atoms with Gasteiger partial charge in [0.25, 0.3) is 0 Å². The van der Waals surface area contributed by atoms with E-state index >= 15 is 0 Å². The third-order valence-corrected chi connectivity index (χ3v) is 14.1. The van der Waals surface area contributed by atoms with E-state index in [1.54, 1.807) is 0 Å². The van der Waals surface area contributed by atoms with Crippen LogP contribution in [0.5, 0.6) is 0 Å². The summed E-state index contributed by atoms with van der Waals surface area (Å²) in [6.07, 6.45) is 0. The Bertz CT molecular complexity index is 3520. The number of fused-ring (bicyclic) bond motifs is 13. The van der Waals surface area contributed by atoms with E-state index in [1.165, 1.54) is 75.8 Å². The van der Waals surface area contributed by atoms with Gasteiger partial charge >= 0.3 is 0 Å². The summed E-state index contributed by atoms with van der Waals surface area (Å²) in [5.74, 6) is 1.92. The van der Waals surface area contributed by atoms with Gasteiger partial charge in [-0.15, -0.1) is 11.3 Å². The third kappa shape index (κ3) is 5.20. The van der Waals surface area contributed by atoms with Crippen molar-refractivity contribution in [2.24, 2.45) is 0 Å². The Hall–Kier alpha value is -7.79. The molecule has 288 valence electrons. The maximum Gasteiger partial charge on any atom is 0.164 e. The molecule has 0 unspecified atom stereocenters. The molecule has 0 saturated carbocycles. The molecule has 0 fully saturated rings. The van der Waals surface area contributed by atoms with Crippen LogP contribution in [-0.2, 0) is 5.41 Å². The van der Waals surface area contributed by atoms with Gasteiger partial charge in [-0.3, -0.25) is 0 Å². The number of hydrogen-bond acceptors (Lipinski definition) is 4. The number of thiophene rings is 1. The van der Waals surface area contributed by atoms with E-state index in [0.717, 1.165) is 27.8 Å². The van der Waals surface area contributed by atoms with E-state index < -0.39 is 5.41 Å². The lowest BCUT2D eigenvalue weighted by atomic mass is 9.70. The Morgan fingerprint density at radius 1 is 0.274 bits per heavy atom. The smallest absolute Gasteiger partial charge is 0.164 e. The maximum atomic E-state index is 5.25. The molecule has 0 radical (unpaired) electrons. The summed E-state index contributed by atoms with van der Waals surface area (Å²) in [6, 6.07) is 76.7. The summed E-state index contributed by atoms with van der Waals surface area (Å²) < 4.78 is 2.61. The summed E-state index contributed by atoms with van der Waals surface area (Å²) >= 11 is 1.85. The van der Waals surface area contributed by atoms with Crippen molar-refractivity contribution >= 4 is 31.5 Å². The van der Waals surface area contributed by atoms with Crippen molar-refractivity contribution in [3.05, 3.63) is 235 Å². The van der Waals surface area contributed by atoms with Gasteiger partial charge in [-0.05, 0) is 85.0 Å². The zero-order valence-electron chi connectivity index (χ0n) is 33.5. The summed E-state index contributed by atoms with van der Waals surface area (Å²) in [5.41, 5.74) is 17.4. The van der Waals surface area contributed by atoms with Gasteiger partial charge in [-0.2, -0.15) is 0 Å². The minimum absolute atomic E-state index is 0.406. The largest absolute Gasteiger partial charge is 0.208 e. The molecule has 9 aromatic carbocycles. The van der Waals surface area contributed by atoms with Crippen molar-refractivity contribution in [1.29, 1.82) is 0 Å². The van der Waals surface area contributed by atoms with Crippen LogP contribution in [0, 0.1) is 0 Å². The van der Waals surface area contributed by atoms with Crippen molar-refractivity contribution in [3.8, 4) is 78.7 Å². The van der Waals surface area contributed by atoms with Crippen molar-refractivity contribution in [2.45, 2.75) is 5.41 Å². The van der Waals surface area contributed by atoms with Crippen molar-refractivity contribution in [1.82, 2.24) is 15.0 Å². The van der Waals surface area contributed by atoms with Crippen LogP contribution < -0.4 is 0 Å². The van der Waals surface area contributed by atoms with Crippen molar-refractivity contribution in [3.63, 3.8) is 0 Å². The molecule has 2 aromatic heterocycles. The van der Waals surface area contributed by atoms with E-state index in [0.29, 0.717) is 17.5 Å². The normalized spacial score (nSPS) is 13.0. The SMILES string of the molecule is c1ccc(-c2ccc(-c3nc(-c4ccc(-c5ccc6c(c5)sc5ccccc56)cc4)nc(-c4ccc5c(c4)-c4ccccc4C54c5ccccc5-c5ccccc54)n3)cc2)cc1.